The molecule has 0 unspecified atom stereocenters. The van der Waals surface area contributed by atoms with Gasteiger partial charge in [0.1, 0.15) is 11.4 Å². The largest absolute Gasteiger partial charge is 0.497 e. The van der Waals surface area contributed by atoms with Crippen LogP contribution in [0.25, 0.3) is 10.4 Å². The Morgan fingerprint density at radius 3 is 2.47 bits per heavy atom. The Balaban J connectivity index is 2.48. The monoisotopic (exact) mass is 247 g/mol. The molecule has 0 amide bonds. The molecule has 0 aliphatic rings. The summed E-state index contributed by atoms with van der Waals surface area (Å²) in [6.45, 7) is 3.45. The zero-order chi connectivity index (χ0) is 12.4. The Labute approximate surface area is 104 Å². The molecule has 2 rings (SSSR count). The first-order valence-corrected chi connectivity index (χ1v) is 6.06. The average Bonchev–Trinajstić information content (AvgIpc) is 2.72. The molecule has 0 aliphatic heterocycles. The van der Waals surface area contributed by atoms with Gasteiger partial charge in [-0.1, -0.05) is 0 Å². The molecular formula is C13H13NO2S. The second-order valence-corrected chi connectivity index (χ2v) is 4.90. The van der Waals surface area contributed by atoms with E-state index in [2.05, 4.69) is 4.98 Å². The van der Waals surface area contributed by atoms with Gasteiger partial charge < -0.3 is 4.74 Å². The highest BCUT2D eigenvalue weighted by molar-refractivity contribution is 7.15. The lowest BCUT2D eigenvalue weighted by atomic mass is 10.1. The van der Waals surface area contributed by atoms with Crippen molar-refractivity contribution in [2.75, 3.05) is 7.11 Å². The maximum atomic E-state index is 11.5. The first-order chi connectivity index (χ1) is 8.11. The van der Waals surface area contributed by atoms with E-state index in [1.807, 2.05) is 31.2 Å². The molecule has 3 nitrogen and oxygen atoms in total. The third kappa shape index (κ3) is 2.36. The van der Waals surface area contributed by atoms with Crippen molar-refractivity contribution in [2.45, 2.75) is 13.8 Å². The van der Waals surface area contributed by atoms with E-state index in [0.29, 0.717) is 5.69 Å². The molecule has 0 N–H and O–H groups in total. The van der Waals surface area contributed by atoms with Gasteiger partial charge in [-0.15, -0.1) is 11.3 Å². The van der Waals surface area contributed by atoms with Crippen LogP contribution in [0.15, 0.2) is 24.3 Å². The van der Waals surface area contributed by atoms with E-state index in [0.717, 1.165) is 21.2 Å². The first kappa shape index (κ1) is 11.8. The highest BCUT2D eigenvalue weighted by Gasteiger charge is 2.14. The fourth-order valence-corrected chi connectivity index (χ4v) is 2.58. The minimum absolute atomic E-state index is 0.000156. The number of carbonyl (C=O) groups is 1. The highest BCUT2D eigenvalue weighted by atomic mass is 32.1. The molecule has 0 fully saturated rings. The van der Waals surface area contributed by atoms with Crippen LogP contribution in [-0.2, 0) is 0 Å². The topological polar surface area (TPSA) is 39.2 Å². The Morgan fingerprint density at radius 1 is 1.29 bits per heavy atom. The summed E-state index contributed by atoms with van der Waals surface area (Å²) < 4.78 is 5.11. The normalized spacial score (nSPS) is 10.3. The molecule has 4 heteroatoms. The number of Topliss-reactive ketones (excluding diaryl/α,β-unsaturated/α-hetero) is 1. The second-order valence-electron chi connectivity index (χ2n) is 3.70. The number of hydrogen-bond acceptors (Lipinski definition) is 4. The predicted octanol–water partition coefficient (Wildman–Crippen LogP) is 3.33. The molecular weight excluding hydrogens is 234 g/mol. The number of methoxy groups -OCH3 is 1. The Hall–Kier alpha value is -1.68. The zero-order valence-electron chi connectivity index (χ0n) is 9.98. The Bertz CT molecular complexity index is 543. The van der Waals surface area contributed by atoms with Crippen LogP contribution in [0.3, 0.4) is 0 Å². The standard InChI is InChI=1S/C13H13NO2S/c1-8(15)12-13(17-9(2)14-12)10-4-6-11(16-3)7-5-10/h4-7H,1-3H3. The van der Waals surface area contributed by atoms with Gasteiger partial charge in [0.15, 0.2) is 5.78 Å². The van der Waals surface area contributed by atoms with Gasteiger partial charge in [0.05, 0.1) is 17.0 Å². The molecule has 0 aliphatic carbocycles. The van der Waals surface area contributed by atoms with Crippen molar-refractivity contribution in [1.82, 2.24) is 4.98 Å². The number of hydrogen-bond donors (Lipinski definition) is 0. The number of nitrogens with zero attached hydrogens (tertiary/aromatic N) is 1. The molecule has 0 saturated heterocycles. The van der Waals surface area contributed by atoms with Crippen molar-refractivity contribution in [3.8, 4) is 16.2 Å². The average molecular weight is 247 g/mol. The minimum atomic E-state index is 0.000156. The quantitative estimate of drug-likeness (QED) is 0.781. The molecule has 1 aromatic carbocycles. The second kappa shape index (κ2) is 4.67. The number of carbonyl (C=O) groups excluding carboxylic acids is 1. The fourth-order valence-electron chi connectivity index (χ4n) is 1.60. The van der Waals surface area contributed by atoms with Crippen molar-refractivity contribution >= 4 is 17.1 Å². The van der Waals surface area contributed by atoms with Crippen LogP contribution in [0.5, 0.6) is 5.75 Å². The van der Waals surface area contributed by atoms with Crippen LogP contribution in [-0.4, -0.2) is 17.9 Å². The summed E-state index contributed by atoms with van der Waals surface area (Å²) in [6.07, 6.45) is 0. The summed E-state index contributed by atoms with van der Waals surface area (Å²) in [5, 5.41) is 0.904. The van der Waals surface area contributed by atoms with Gasteiger partial charge in [0.25, 0.3) is 0 Å². The number of aryl methyl sites for hydroxylation is 1. The summed E-state index contributed by atoms with van der Waals surface area (Å²) in [7, 11) is 1.63. The Morgan fingerprint density at radius 2 is 1.94 bits per heavy atom. The Kier molecular flexibility index (Phi) is 3.24. The van der Waals surface area contributed by atoms with Gasteiger partial charge >= 0.3 is 0 Å². The molecule has 0 saturated carbocycles. The van der Waals surface area contributed by atoms with E-state index in [1.54, 1.807) is 14.0 Å². The van der Waals surface area contributed by atoms with Crippen LogP contribution >= 0.6 is 11.3 Å². The van der Waals surface area contributed by atoms with Crippen LogP contribution < -0.4 is 4.74 Å². The van der Waals surface area contributed by atoms with Crippen LogP contribution in [0.4, 0.5) is 0 Å². The van der Waals surface area contributed by atoms with Crippen LogP contribution in [0, 0.1) is 6.92 Å². The van der Waals surface area contributed by atoms with E-state index in [4.69, 9.17) is 4.74 Å². The van der Waals surface area contributed by atoms with E-state index < -0.39 is 0 Å². The number of ketones is 1. The lowest BCUT2D eigenvalue weighted by Crippen LogP contribution is -1.94. The molecule has 2 aromatic rings. The predicted molar refractivity (Wildman–Crippen MR) is 68.8 cm³/mol. The van der Waals surface area contributed by atoms with Crippen molar-refractivity contribution in [1.29, 1.82) is 0 Å². The van der Waals surface area contributed by atoms with E-state index in [-0.39, 0.29) is 5.78 Å². The van der Waals surface area contributed by atoms with E-state index in [9.17, 15) is 4.79 Å². The minimum Gasteiger partial charge on any atom is -0.497 e. The summed E-state index contributed by atoms with van der Waals surface area (Å²) in [5.41, 5.74) is 1.55. The fraction of sp³-hybridized carbons (Fsp3) is 0.231. The maximum Gasteiger partial charge on any atom is 0.179 e. The number of aromatic nitrogens is 1. The first-order valence-electron chi connectivity index (χ1n) is 5.24. The highest BCUT2D eigenvalue weighted by Crippen LogP contribution is 2.31. The summed E-state index contributed by atoms with van der Waals surface area (Å²) >= 11 is 1.54. The third-order valence-corrected chi connectivity index (χ3v) is 3.44. The number of rotatable bonds is 3. The molecule has 88 valence electrons. The SMILES string of the molecule is COc1ccc(-c2sc(C)nc2C(C)=O)cc1. The summed E-state index contributed by atoms with van der Waals surface area (Å²) in [4.78, 5) is 16.7. The van der Waals surface area contributed by atoms with Crippen molar-refractivity contribution in [3.05, 3.63) is 35.0 Å². The third-order valence-electron chi connectivity index (χ3n) is 2.42. The lowest BCUT2D eigenvalue weighted by Gasteiger charge is -2.02. The molecule has 1 aromatic heterocycles. The number of ether oxygens (including phenoxy) is 1. The molecule has 0 bridgehead atoms. The smallest absolute Gasteiger partial charge is 0.179 e. The summed E-state index contributed by atoms with van der Waals surface area (Å²) in [5.74, 6) is 0.805. The van der Waals surface area contributed by atoms with Crippen molar-refractivity contribution < 1.29 is 9.53 Å². The van der Waals surface area contributed by atoms with Gasteiger partial charge in [0, 0.05) is 6.92 Å². The maximum absolute atomic E-state index is 11.5. The molecule has 17 heavy (non-hydrogen) atoms. The lowest BCUT2D eigenvalue weighted by molar-refractivity contribution is 0.101. The summed E-state index contributed by atoms with van der Waals surface area (Å²) in [6, 6.07) is 7.65. The number of benzene rings is 1. The van der Waals surface area contributed by atoms with E-state index >= 15 is 0 Å². The van der Waals surface area contributed by atoms with Gasteiger partial charge in [0.2, 0.25) is 0 Å². The van der Waals surface area contributed by atoms with E-state index in [1.165, 1.54) is 11.3 Å². The molecule has 0 atom stereocenters. The van der Waals surface area contributed by atoms with Gasteiger partial charge in [-0.25, -0.2) is 4.98 Å². The number of thiazole rings is 1. The molecule has 0 spiro atoms. The van der Waals surface area contributed by atoms with Gasteiger partial charge in [-0.3, -0.25) is 4.79 Å². The van der Waals surface area contributed by atoms with Gasteiger partial charge in [-0.05, 0) is 36.8 Å². The zero-order valence-corrected chi connectivity index (χ0v) is 10.8. The molecule has 1 heterocycles. The van der Waals surface area contributed by atoms with Gasteiger partial charge in [-0.2, -0.15) is 0 Å². The molecule has 0 radical (unpaired) electrons. The van der Waals surface area contributed by atoms with Crippen molar-refractivity contribution in [3.63, 3.8) is 0 Å². The van der Waals surface area contributed by atoms with Crippen LogP contribution in [0.2, 0.25) is 0 Å². The van der Waals surface area contributed by atoms with Crippen LogP contribution in [0.1, 0.15) is 22.4 Å². The van der Waals surface area contributed by atoms with Crippen molar-refractivity contribution in [2.24, 2.45) is 0 Å².